The third-order valence-electron chi connectivity index (χ3n) is 5.58. The number of hydrogen-bond acceptors (Lipinski definition) is 3. The number of nitrogens with one attached hydrogen (secondary N) is 1. The van der Waals surface area contributed by atoms with Gasteiger partial charge in [0, 0.05) is 27.5 Å². The van der Waals surface area contributed by atoms with Crippen molar-refractivity contribution < 1.29 is 9.59 Å². The van der Waals surface area contributed by atoms with Gasteiger partial charge < -0.3 is 10.2 Å². The van der Waals surface area contributed by atoms with Crippen LogP contribution in [0.25, 0.3) is 0 Å². The number of halogens is 2. The monoisotopic (exact) mass is 478 g/mol. The molecule has 0 spiro atoms. The summed E-state index contributed by atoms with van der Waals surface area (Å²) in [5, 5.41) is 4.17. The SMILES string of the molecule is C[C@H](C(=O)NC1CCCCC1)N(Cc1ccc(Cl)cc1Cl)C(=O)CSc1ccccc1. The van der Waals surface area contributed by atoms with Crippen LogP contribution in [0.1, 0.15) is 44.6 Å². The van der Waals surface area contributed by atoms with E-state index in [-0.39, 0.29) is 30.2 Å². The Bertz CT molecular complexity index is 888. The van der Waals surface area contributed by atoms with E-state index in [9.17, 15) is 9.59 Å². The van der Waals surface area contributed by atoms with Gasteiger partial charge in [0.25, 0.3) is 0 Å². The van der Waals surface area contributed by atoms with Crippen LogP contribution in [0.3, 0.4) is 0 Å². The molecule has 31 heavy (non-hydrogen) atoms. The van der Waals surface area contributed by atoms with E-state index in [2.05, 4.69) is 5.32 Å². The van der Waals surface area contributed by atoms with Gasteiger partial charge in [0.05, 0.1) is 5.75 Å². The van der Waals surface area contributed by atoms with Crippen molar-refractivity contribution in [2.75, 3.05) is 5.75 Å². The van der Waals surface area contributed by atoms with Gasteiger partial charge in [0.15, 0.2) is 0 Å². The van der Waals surface area contributed by atoms with E-state index in [1.165, 1.54) is 18.2 Å². The molecule has 1 aliphatic carbocycles. The molecule has 2 amide bonds. The Hall–Kier alpha value is -1.69. The molecule has 2 aromatic rings. The van der Waals surface area contributed by atoms with Crippen molar-refractivity contribution in [2.24, 2.45) is 0 Å². The highest BCUT2D eigenvalue weighted by molar-refractivity contribution is 8.00. The van der Waals surface area contributed by atoms with E-state index < -0.39 is 6.04 Å². The largest absolute Gasteiger partial charge is 0.352 e. The highest BCUT2D eigenvalue weighted by Gasteiger charge is 2.28. The zero-order chi connectivity index (χ0) is 22.2. The first-order valence-electron chi connectivity index (χ1n) is 10.7. The molecule has 0 saturated heterocycles. The lowest BCUT2D eigenvalue weighted by molar-refractivity contribution is -0.139. The molecule has 1 fully saturated rings. The predicted molar refractivity (Wildman–Crippen MR) is 129 cm³/mol. The van der Waals surface area contributed by atoms with Crippen molar-refractivity contribution in [3.8, 4) is 0 Å². The van der Waals surface area contributed by atoms with Crippen LogP contribution >= 0.6 is 35.0 Å². The van der Waals surface area contributed by atoms with Crippen molar-refractivity contribution in [1.82, 2.24) is 10.2 Å². The van der Waals surface area contributed by atoms with Gasteiger partial charge in [-0.25, -0.2) is 0 Å². The van der Waals surface area contributed by atoms with Crippen LogP contribution in [0.5, 0.6) is 0 Å². The molecule has 1 saturated carbocycles. The molecule has 1 N–H and O–H groups in total. The topological polar surface area (TPSA) is 49.4 Å². The molecule has 3 rings (SSSR count). The van der Waals surface area contributed by atoms with E-state index in [1.807, 2.05) is 30.3 Å². The highest BCUT2D eigenvalue weighted by atomic mass is 35.5. The number of benzene rings is 2. The number of rotatable bonds is 8. The summed E-state index contributed by atoms with van der Waals surface area (Å²) < 4.78 is 0. The molecule has 166 valence electrons. The zero-order valence-electron chi connectivity index (χ0n) is 17.7. The van der Waals surface area contributed by atoms with E-state index >= 15 is 0 Å². The van der Waals surface area contributed by atoms with Crippen molar-refractivity contribution in [3.63, 3.8) is 0 Å². The Morgan fingerprint density at radius 2 is 1.81 bits per heavy atom. The van der Waals surface area contributed by atoms with Gasteiger partial charge in [-0.2, -0.15) is 0 Å². The minimum atomic E-state index is -0.599. The Balaban J connectivity index is 1.73. The predicted octanol–water partition coefficient (Wildman–Crippen LogP) is 5.95. The normalized spacial score (nSPS) is 15.3. The van der Waals surface area contributed by atoms with Crippen LogP contribution in [0, 0.1) is 0 Å². The van der Waals surface area contributed by atoms with Crippen LogP contribution in [0.2, 0.25) is 10.0 Å². The van der Waals surface area contributed by atoms with E-state index in [4.69, 9.17) is 23.2 Å². The summed E-state index contributed by atoms with van der Waals surface area (Å²) in [5.74, 6) is 0.0252. The lowest BCUT2D eigenvalue weighted by Gasteiger charge is -2.31. The van der Waals surface area contributed by atoms with Crippen LogP contribution in [-0.4, -0.2) is 34.6 Å². The van der Waals surface area contributed by atoms with E-state index in [0.29, 0.717) is 10.0 Å². The maximum absolute atomic E-state index is 13.2. The molecule has 4 nitrogen and oxygen atoms in total. The van der Waals surface area contributed by atoms with Gasteiger partial charge in [0.2, 0.25) is 11.8 Å². The summed E-state index contributed by atoms with van der Waals surface area (Å²) in [7, 11) is 0. The Morgan fingerprint density at radius 3 is 2.48 bits per heavy atom. The first-order chi connectivity index (χ1) is 14.9. The summed E-state index contributed by atoms with van der Waals surface area (Å²) in [6.45, 7) is 2.04. The average molecular weight is 479 g/mol. The molecule has 0 radical (unpaired) electrons. The number of nitrogens with zero attached hydrogens (tertiary/aromatic N) is 1. The number of amides is 2. The smallest absolute Gasteiger partial charge is 0.242 e. The van der Waals surface area contributed by atoms with Crippen molar-refractivity contribution >= 4 is 46.8 Å². The molecule has 0 heterocycles. The summed E-state index contributed by atoms with van der Waals surface area (Å²) >= 11 is 13.8. The fraction of sp³-hybridized carbons (Fsp3) is 0.417. The minimum Gasteiger partial charge on any atom is -0.352 e. The number of carbonyl (C=O) groups is 2. The first-order valence-corrected chi connectivity index (χ1v) is 12.4. The fourth-order valence-corrected chi connectivity index (χ4v) is 5.00. The zero-order valence-corrected chi connectivity index (χ0v) is 20.0. The molecule has 0 unspecified atom stereocenters. The Kier molecular flexibility index (Phi) is 9.12. The lowest BCUT2D eigenvalue weighted by atomic mass is 9.95. The second kappa shape index (κ2) is 11.8. The number of carbonyl (C=O) groups excluding carboxylic acids is 2. The van der Waals surface area contributed by atoms with Crippen molar-refractivity contribution in [1.29, 1.82) is 0 Å². The maximum Gasteiger partial charge on any atom is 0.242 e. The van der Waals surface area contributed by atoms with Gasteiger partial charge in [-0.3, -0.25) is 9.59 Å². The molecular formula is C24H28Cl2N2O2S. The van der Waals surface area contributed by atoms with Gasteiger partial charge in [0.1, 0.15) is 6.04 Å². The van der Waals surface area contributed by atoms with E-state index in [1.54, 1.807) is 30.0 Å². The fourth-order valence-electron chi connectivity index (χ4n) is 3.73. The van der Waals surface area contributed by atoms with Crippen molar-refractivity contribution in [2.45, 2.75) is 62.6 Å². The number of hydrogen-bond donors (Lipinski definition) is 1. The maximum atomic E-state index is 13.2. The summed E-state index contributed by atoms with van der Waals surface area (Å²) in [6.07, 6.45) is 5.49. The third kappa shape index (κ3) is 7.16. The van der Waals surface area contributed by atoms with Crippen LogP contribution in [0.15, 0.2) is 53.4 Å². The highest BCUT2D eigenvalue weighted by Crippen LogP contribution is 2.25. The Labute approximate surface area is 198 Å². The first kappa shape index (κ1) is 24.0. The minimum absolute atomic E-state index is 0.105. The average Bonchev–Trinajstić information content (AvgIpc) is 2.78. The molecule has 2 aromatic carbocycles. The lowest BCUT2D eigenvalue weighted by Crippen LogP contribution is -2.50. The van der Waals surface area contributed by atoms with Crippen molar-refractivity contribution in [3.05, 3.63) is 64.1 Å². The molecule has 1 aliphatic rings. The molecular weight excluding hydrogens is 451 g/mol. The molecule has 0 aromatic heterocycles. The van der Waals surface area contributed by atoms with Gasteiger partial charge in [-0.15, -0.1) is 11.8 Å². The summed E-state index contributed by atoms with van der Waals surface area (Å²) in [4.78, 5) is 28.8. The molecule has 0 aliphatic heterocycles. The van der Waals surface area contributed by atoms with Crippen LogP contribution in [0.4, 0.5) is 0 Å². The van der Waals surface area contributed by atoms with E-state index in [0.717, 1.165) is 36.1 Å². The van der Waals surface area contributed by atoms with Gasteiger partial charge in [-0.1, -0.05) is 66.7 Å². The van der Waals surface area contributed by atoms with Crippen LogP contribution < -0.4 is 5.32 Å². The third-order valence-corrected chi connectivity index (χ3v) is 7.16. The number of thioether (sulfide) groups is 1. The molecule has 1 atom stereocenters. The second-order valence-corrected chi connectivity index (χ2v) is 9.77. The quantitative estimate of drug-likeness (QED) is 0.476. The molecule has 0 bridgehead atoms. The standard InChI is InChI=1S/C24H28Cl2N2O2S/c1-17(24(30)27-20-8-4-2-5-9-20)28(15-18-12-13-19(25)14-22(18)26)23(29)16-31-21-10-6-3-7-11-21/h3,6-7,10-14,17,20H,2,4-5,8-9,15-16H2,1H3,(H,27,30)/t17-/m1/s1. The summed E-state index contributed by atoms with van der Waals surface area (Å²) in [6, 6.07) is 14.6. The van der Waals surface area contributed by atoms with Gasteiger partial charge >= 0.3 is 0 Å². The summed E-state index contributed by atoms with van der Waals surface area (Å²) in [5.41, 5.74) is 0.765. The molecule has 7 heteroatoms. The van der Waals surface area contributed by atoms with Gasteiger partial charge in [-0.05, 0) is 49.6 Å². The second-order valence-electron chi connectivity index (χ2n) is 7.88. The van der Waals surface area contributed by atoms with Crippen LogP contribution in [-0.2, 0) is 16.1 Å². The Morgan fingerprint density at radius 1 is 1.10 bits per heavy atom.